The van der Waals surface area contributed by atoms with Crippen LogP contribution in [-0.4, -0.2) is 51.9 Å². The Labute approximate surface area is 290 Å². The molecule has 2 heterocycles. The second-order valence-corrected chi connectivity index (χ2v) is 13.3. The van der Waals surface area contributed by atoms with Crippen LogP contribution in [0.3, 0.4) is 0 Å². The SMILES string of the molecule is CC(C)(CNC(=O)CN(Cc1ccc(OCc2ccccc2)cc1)C(=O)[C@H](Cc1cnc[nH]1)NC(=O)OCc1cccs1)c1ccccc1. The summed E-state index contributed by atoms with van der Waals surface area (Å²) in [6.07, 6.45) is 2.49. The molecule has 1 atom stereocenters. The molecule has 2 aromatic heterocycles. The van der Waals surface area contributed by atoms with E-state index in [1.807, 2.05) is 102 Å². The molecule has 3 aromatic carbocycles. The number of amides is 3. The fourth-order valence-electron chi connectivity index (χ4n) is 5.16. The number of aromatic amines is 1. The van der Waals surface area contributed by atoms with Crippen LogP contribution in [0, 0.1) is 0 Å². The van der Waals surface area contributed by atoms with Crippen LogP contribution in [0.25, 0.3) is 0 Å². The van der Waals surface area contributed by atoms with Gasteiger partial charge >= 0.3 is 6.09 Å². The summed E-state index contributed by atoms with van der Waals surface area (Å²) in [7, 11) is 0. The minimum Gasteiger partial charge on any atom is -0.489 e. The van der Waals surface area contributed by atoms with Gasteiger partial charge in [0.2, 0.25) is 11.8 Å². The molecule has 10 nitrogen and oxygen atoms in total. The van der Waals surface area contributed by atoms with Crippen LogP contribution in [-0.2, 0) is 45.9 Å². The first-order chi connectivity index (χ1) is 23.7. The maximum atomic E-state index is 14.2. The van der Waals surface area contributed by atoms with E-state index in [2.05, 4.69) is 34.4 Å². The summed E-state index contributed by atoms with van der Waals surface area (Å²) in [5.41, 5.74) is 3.24. The Kier molecular flexibility index (Phi) is 12.2. The molecule has 0 saturated heterocycles. The molecular weight excluding hydrogens is 639 g/mol. The Morgan fingerprint density at radius 1 is 0.898 bits per heavy atom. The van der Waals surface area contributed by atoms with Crippen LogP contribution >= 0.6 is 11.3 Å². The highest BCUT2D eigenvalue weighted by Gasteiger charge is 2.30. The minimum atomic E-state index is -1.03. The Morgan fingerprint density at radius 3 is 2.31 bits per heavy atom. The lowest BCUT2D eigenvalue weighted by atomic mass is 9.84. The number of thiophene rings is 1. The molecule has 3 amide bonds. The number of aromatic nitrogens is 2. The third-order valence-electron chi connectivity index (χ3n) is 7.97. The molecular formula is C38H41N5O5S. The Hall–Kier alpha value is -5.42. The number of nitrogens with zero attached hydrogens (tertiary/aromatic N) is 2. The van der Waals surface area contributed by atoms with Gasteiger partial charge in [-0.3, -0.25) is 9.59 Å². The van der Waals surface area contributed by atoms with Gasteiger partial charge in [0.25, 0.3) is 0 Å². The Balaban J connectivity index is 1.31. The summed E-state index contributed by atoms with van der Waals surface area (Å²) in [5.74, 6) is -0.0797. The number of carbonyl (C=O) groups is 3. The minimum absolute atomic E-state index is 0.0798. The van der Waals surface area contributed by atoms with E-state index in [1.54, 1.807) is 6.20 Å². The highest BCUT2D eigenvalue weighted by Crippen LogP contribution is 2.22. The first kappa shape index (κ1) is 34.9. The second kappa shape index (κ2) is 17.1. The van der Waals surface area contributed by atoms with Gasteiger partial charge in [0.15, 0.2) is 0 Å². The van der Waals surface area contributed by atoms with Gasteiger partial charge in [0.05, 0.1) is 12.9 Å². The van der Waals surface area contributed by atoms with Crippen molar-refractivity contribution >= 4 is 29.2 Å². The molecule has 49 heavy (non-hydrogen) atoms. The van der Waals surface area contributed by atoms with E-state index in [9.17, 15) is 14.4 Å². The molecule has 0 saturated carbocycles. The highest BCUT2D eigenvalue weighted by molar-refractivity contribution is 7.09. The molecule has 3 N–H and O–H groups in total. The maximum absolute atomic E-state index is 14.2. The summed E-state index contributed by atoms with van der Waals surface area (Å²) in [4.78, 5) is 50.0. The molecule has 0 fully saturated rings. The van der Waals surface area contributed by atoms with Gasteiger partial charge in [-0.15, -0.1) is 11.3 Å². The van der Waals surface area contributed by atoms with E-state index >= 15 is 0 Å². The van der Waals surface area contributed by atoms with E-state index in [0.29, 0.717) is 24.6 Å². The molecule has 0 aliphatic rings. The summed E-state index contributed by atoms with van der Waals surface area (Å²) in [5, 5.41) is 7.64. The van der Waals surface area contributed by atoms with Crippen molar-refractivity contribution in [1.82, 2.24) is 25.5 Å². The number of hydrogen-bond acceptors (Lipinski definition) is 7. The fourth-order valence-corrected chi connectivity index (χ4v) is 5.77. The number of carbonyl (C=O) groups excluding carboxylic acids is 3. The van der Waals surface area contributed by atoms with E-state index in [-0.39, 0.29) is 37.4 Å². The Morgan fingerprint density at radius 2 is 1.63 bits per heavy atom. The molecule has 11 heteroatoms. The van der Waals surface area contributed by atoms with Gasteiger partial charge in [0.1, 0.15) is 25.0 Å². The van der Waals surface area contributed by atoms with Crippen LogP contribution in [0.2, 0.25) is 0 Å². The maximum Gasteiger partial charge on any atom is 0.408 e. The van der Waals surface area contributed by atoms with Gasteiger partial charge < -0.3 is 30.0 Å². The largest absolute Gasteiger partial charge is 0.489 e. The second-order valence-electron chi connectivity index (χ2n) is 12.3. The number of rotatable bonds is 16. The highest BCUT2D eigenvalue weighted by atomic mass is 32.1. The summed E-state index contributed by atoms with van der Waals surface area (Å²) < 4.78 is 11.4. The quantitative estimate of drug-likeness (QED) is 0.117. The van der Waals surface area contributed by atoms with Gasteiger partial charge in [-0.2, -0.15) is 0 Å². The van der Waals surface area contributed by atoms with Crippen molar-refractivity contribution in [2.75, 3.05) is 13.1 Å². The van der Waals surface area contributed by atoms with Crippen LogP contribution < -0.4 is 15.4 Å². The van der Waals surface area contributed by atoms with Crippen LogP contribution in [0.4, 0.5) is 4.79 Å². The third kappa shape index (κ3) is 10.8. The van der Waals surface area contributed by atoms with Crippen molar-refractivity contribution in [3.8, 4) is 5.75 Å². The van der Waals surface area contributed by atoms with Gasteiger partial charge in [-0.25, -0.2) is 9.78 Å². The first-order valence-corrected chi connectivity index (χ1v) is 16.9. The lowest BCUT2D eigenvalue weighted by molar-refractivity contribution is -0.138. The average molecular weight is 680 g/mol. The molecule has 5 aromatic rings. The molecule has 0 bridgehead atoms. The summed E-state index contributed by atoms with van der Waals surface area (Å²) >= 11 is 1.47. The van der Waals surface area contributed by atoms with Crippen LogP contribution in [0.15, 0.2) is 115 Å². The number of H-pyrrole nitrogens is 1. The third-order valence-corrected chi connectivity index (χ3v) is 8.82. The first-order valence-electron chi connectivity index (χ1n) is 16.0. The zero-order valence-corrected chi connectivity index (χ0v) is 28.5. The van der Waals surface area contributed by atoms with Crippen molar-refractivity contribution in [1.29, 1.82) is 0 Å². The van der Waals surface area contributed by atoms with Gasteiger partial charge in [-0.05, 0) is 40.3 Å². The molecule has 0 spiro atoms. The van der Waals surface area contributed by atoms with E-state index < -0.39 is 18.0 Å². The van der Waals surface area contributed by atoms with Crippen molar-refractivity contribution in [3.63, 3.8) is 0 Å². The number of ether oxygens (including phenoxy) is 2. The molecule has 254 valence electrons. The predicted molar refractivity (Wildman–Crippen MR) is 189 cm³/mol. The van der Waals surface area contributed by atoms with E-state index in [4.69, 9.17) is 9.47 Å². The van der Waals surface area contributed by atoms with Crippen LogP contribution in [0.5, 0.6) is 5.75 Å². The smallest absolute Gasteiger partial charge is 0.408 e. The normalized spacial score (nSPS) is 11.7. The van der Waals surface area contributed by atoms with E-state index in [1.165, 1.54) is 22.6 Å². The van der Waals surface area contributed by atoms with Crippen molar-refractivity contribution in [2.24, 2.45) is 0 Å². The average Bonchev–Trinajstić information content (AvgIpc) is 3.85. The lowest BCUT2D eigenvalue weighted by Gasteiger charge is -2.29. The van der Waals surface area contributed by atoms with Crippen molar-refractivity contribution in [2.45, 2.75) is 51.5 Å². The molecule has 0 unspecified atom stereocenters. The molecule has 0 aliphatic carbocycles. The number of imidazole rings is 1. The van der Waals surface area contributed by atoms with E-state index in [0.717, 1.165) is 21.6 Å². The summed E-state index contributed by atoms with van der Waals surface area (Å²) in [6, 6.07) is 29.9. The van der Waals surface area contributed by atoms with Gasteiger partial charge in [-0.1, -0.05) is 92.7 Å². The summed E-state index contributed by atoms with van der Waals surface area (Å²) in [6.45, 7) is 4.89. The fraction of sp³-hybridized carbons (Fsp3) is 0.263. The van der Waals surface area contributed by atoms with Crippen LogP contribution in [0.1, 0.15) is 41.1 Å². The molecule has 0 aliphatic heterocycles. The number of benzene rings is 3. The zero-order valence-electron chi connectivity index (χ0n) is 27.6. The monoisotopic (exact) mass is 679 g/mol. The molecule has 0 radical (unpaired) electrons. The van der Waals surface area contributed by atoms with Gasteiger partial charge in [0, 0.05) is 41.7 Å². The Bertz CT molecular complexity index is 1750. The van der Waals surface area contributed by atoms with Crippen molar-refractivity contribution in [3.05, 3.63) is 142 Å². The number of hydrogen-bond donors (Lipinski definition) is 3. The number of nitrogens with one attached hydrogen (secondary N) is 3. The standard InChI is InChI=1S/C38H41N5O5S/c1-38(2,30-12-7-4-8-13-30)26-40-35(44)23-43(22-28-15-17-32(18-16-28)47-24-29-10-5-3-6-11-29)36(45)34(20-31-21-39-27-41-31)42-37(46)48-25-33-14-9-19-49-33/h3-19,21,27,34H,20,22-26H2,1-2H3,(H,39,41)(H,40,44)(H,42,46)/t34-/m0/s1. The molecule has 5 rings (SSSR count). The topological polar surface area (TPSA) is 126 Å². The lowest BCUT2D eigenvalue weighted by Crippen LogP contribution is -2.52. The zero-order chi connectivity index (χ0) is 34.5. The number of alkyl carbamates (subject to hydrolysis) is 1. The van der Waals surface area contributed by atoms with Crippen molar-refractivity contribution < 1.29 is 23.9 Å². The predicted octanol–water partition coefficient (Wildman–Crippen LogP) is 6.01.